The van der Waals surface area contributed by atoms with Crippen molar-refractivity contribution in [1.29, 1.82) is 0 Å². The molecule has 0 spiro atoms. The zero-order valence-electron chi connectivity index (χ0n) is 23.7. The summed E-state index contributed by atoms with van der Waals surface area (Å²) in [7, 11) is -2.67. The third-order valence-corrected chi connectivity index (χ3v) is 14.5. The highest BCUT2D eigenvalue weighted by Gasteiger charge is 2.50. The molecule has 2 saturated heterocycles. The van der Waals surface area contributed by atoms with E-state index in [0.29, 0.717) is 0 Å². The number of hydrogen-bond donors (Lipinski definition) is 0. The SMILES string of the molecule is Cc1ccccc1C1=C2C=CC(=[N+]3CCC3)C=C2[Si](c2ccccc2)(c2ccccc2)c2cc(N3CCC3)ccc21. The molecule has 41 heavy (non-hydrogen) atoms. The van der Waals surface area contributed by atoms with Gasteiger partial charge in [0.15, 0.2) is 13.8 Å². The van der Waals surface area contributed by atoms with E-state index in [9.17, 15) is 0 Å². The zero-order valence-corrected chi connectivity index (χ0v) is 24.7. The topological polar surface area (TPSA) is 6.25 Å². The molecule has 2 fully saturated rings. The Balaban J connectivity index is 1.55. The lowest BCUT2D eigenvalue weighted by Gasteiger charge is -2.44. The van der Waals surface area contributed by atoms with Gasteiger partial charge in [0.05, 0.1) is 6.42 Å². The molecular weight excluding hydrogens is 513 g/mol. The molecule has 0 unspecified atom stereocenters. The van der Waals surface area contributed by atoms with Gasteiger partial charge in [-0.15, -0.1) is 0 Å². The number of hydrogen-bond acceptors (Lipinski definition) is 1. The quantitative estimate of drug-likeness (QED) is 0.246. The lowest BCUT2D eigenvalue weighted by atomic mass is 9.87. The largest absolute Gasteiger partial charge is 0.371 e. The first-order valence-electron chi connectivity index (χ1n) is 15.1. The molecule has 8 rings (SSSR count). The van der Waals surface area contributed by atoms with Gasteiger partial charge in [-0.05, 0) is 80.1 Å². The molecule has 0 N–H and O–H groups in total. The molecule has 2 nitrogen and oxygen atoms in total. The summed E-state index contributed by atoms with van der Waals surface area (Å²) < 4.78 is 2.55. The summed E-state index contributed by atoms with van der Waals surface area (Å²) in [5, 5.41) is 5.95. The first-order valence-corrected chi connectivity index (χ1v) is 17.1. The van der Waals surface area contributed by atoms with Gasteiger partial charge in [0.1, 0.15) is 13.1 Å². The van der Waals surface area contributed by atoms with Crippen LogP contribution in [0.25, 0.3) is 5.57 Å². The van der Waals surface area contributed by atoms with Crippen molar-refractivity contribution in [1.82, 2.24) is 0 Å². The van der Waals surface area contributed by atoms with E-state index < -0.39 is 8.07 Å². The fourth-order valence-electron chi connectivity index (χ4n) is 7.26. The fraction of sp³-hybridized carbons (Fsp3) is 0.184. The summed E-state index contributed by atoms with van der Waals surface area (Å²) in [5.74, 6) is 0. The van der Waals surface area contributed by atoms with Crippen LogP contribution in [0.2, 0.25) is 0 Å². The summed E-state index contributed by atoms with van der Waals surface area (Å²) in [6.45, 7) is 6.85. The lowest BCUT2D eigenvalue weighted by Crippen LogP contribution is -2.71. The number of fused-ring (bicyclic) bond motifs is 2. The molecule has 0 bridgehead atoms. The Labute approximate surface area is 244 Å². The van der Waals surface area contributed by atoms with Gasteiger partial charge in [0, 0.05) is 30.9 Å². The van der Waals surface area contributed by atoms with E-state index in [0.717, 1.165) is 26.2 Å². The van der Waals surface area contributed by atoms with Crippen molar-refractivity contribution in [2.45, 2.75) is 19.8 Å². The maximum atomic E-state index is 2.58. The zero-order chi connectivity index (χ0) is 27.4. The van der Waals surface area contributed by atoms with E-state index in [-0.39, 0.29) is 0 Å². The molecule has 4 aliphatic rings. The maximum absolute atomic E-state index is 2.67. The second-order valence-corrected chi connectivity index (χ2v) is 15.5. The Bertz CT molecular complexity index is 1740. The number of allylic oxidation sites excluding steroid dienone is 5. The Morgan fingerprint density at radius 3 is 1.98 bits per heavy atom. The van der Waals surface area contributed by atoms with Crippen molar-refractivity contribution in [3.05, 3.63) is 149 Å². The predicted molar refractivity (Wildman–Crippen MR) is 175 cm³/mol. The van der Waals surface area contributed by atoms with Gasteiger partial charge in [-0.2, -0.15) is 0 Å². The van der Waals surface area contributed by atoms with Gasteiger partial charge < -0.3 is 4.90 Å². The molecule has 0 aromatic heterocycles. The standard InChI is InChI=1S/C38H35N2Si/c1-28-12-8-9-17-33(28)38-34-20-18-29(39-22-10-23-39)26-36(34)41(31-13-4-2-5-14-31,32-15-6-3-7-16-32)37-27-30(19-21-35(37)38)40-24-11-25-40/h2-9,12-21,26-27H,10-11,22-25H2,1H3/q+1. The number of aryl methyl sites for hydroxylation is 1. The smallest absolute Gasteiger partial charge is 0.199 e. The number of rotatable bonds is 4. The minimum Gasteiger partial charge on any atom is -0.371 e. The third kappa shape index (κ3) is 3.72. The molecule has 0 atom stereocenters. The van der Waals surface area contributed by atoms with E-state index in [1.165, 1.54) is 72.8 Å². The predicted octanol–water partition coefficient (Wildman–Crippen LogP) is 5.38. The average molecular weight is 548 g/mol. The van der Waals surface area contributed by atoms with Crippen LogP contribution in [0.1, 0.15) is 29.5 Å². The summed E-state index contributed by atoms with van der Waals surface area (Å²) in [6, 6.07) is 39.3. The molecule has 0 amide bonds. The molecule has 200 valence electrons. The second kappa shape index (κ2) is 9.71. The summed E-state index contributed by atoms with van der Waals surface area (Å²) in [4.78, 5) is 2.55. The molecule has 4 aromatic carbocycles. The van der Waals surface area contributed by atoms with Gasteiger partial charge in [-0.25, -0.2) is 4.58 Å². The maximum Gasteiger partial charge on any atom is 0.199 e. The minimum absolute atomic E-state index is 1.15. The van der Waals surface area contributed by atoms with Crippen LogP contribution in [0.15, 0.2) is 132 Å². The summed E-state index contributed by atoms with van der Waals surface area (Å²) in [5.41, 5.74) is 9.57. The van der Waals surface area contributed by atoms with E-state index in [1.807, 2.05) is 0 Å². The molecule has 0 radical (unpaired) electrons. The minimum atomic E-state index is -2.67. The van der Waals surface area contributed by atoms with Crippen molar-refractivity contribution < 1.29 is 4.58 Å². The van der Waals surface area contributed by atoms with Crippen LogP contribution in [0, 0.1) is 6.92 Å². The van der Waals surface area contributed by atoms with Crippen LogP contribution >= 0.6 is 0 Å². The van der Waals surface area contributed by atoms with E-state index in [4.69, 9.17) is 0 Å². The monoisotopic (exact) mass is 547 g/mol. The first-order chi connectivity index (χ1) is 20.2. The Hall–Kier alpha value is -4.21. The first kappa shape index (κ1) is 24.6. The van der Waals surface area contributed by atoms with Crippen molar-refractivity contribution >= 4 is 40.6 Å². The highest BCUT2D eigenvalue weighted by atomic mass is 28.3. The number of benzene rings is 4. The molecule has 1 aliphatic carbocycles. The highest BCUT2D eigenvalue weighted by molar-refractivity contribution is 7.17. The number of nitrogens with zero attached hydrogens (tertiary/aromatic N) is 2. The molecule has 3 heteroatoms. The normalized spacial score (nSPS) is 18.8. The summed E-state index contributed by atoms with van der Waals surface area (Å²) in [6.07, 6.45) is 9.97. The van der Waals surface area contributed by atoms with Crippen LogP contribution in [0.3, 0.4) is 0 Å². The van der Waals surface area contributed by atoms with Gasteiger partial charge in [-0.1, -0.05) is 91.0 Å². The molecule has 3 aliphatic heterocycles. The van der Waals surface area contributed by atoms with Crippen molar-refractivity contribution in [3.63, 3.8) is 0 Å². The van der Waals surface area contributed by atoms with Crippen LogP contribution in [0.5, 0.6) is 0 Å². The average Bonchev–Trinajstić information content (AvgIpc) is 2.96. The number of anilines is 1. The van der Waals surface area contributed by atoms with Gasteiger partial charge >= 0.3 is 0 Å². The van der Waals surface area contributed by atoms with Gasteiger partial charge in [0.2, 0.25) is 0 Å². The Kier molecular flexibility index (Phi) is 5.82. The van der Waals surface area contributed by atoms with Crippen LogP contribution in [-0.4, -0.2) is 44.5 Å². The Morgan fingerprint density at radius 1 is 0.683 bits per heavy atom. The lowest BCUT2D eigenvalue weighted by molar-refractivity contribution is -0.582. The Morgan fingerprint density at radius 2 is 1.37 bits per heavy atom. The second-order valence-electron chi connectivity index (χ2n) is 11.8. The fourth-order valence-corrected chi connectivity index (χ4v) is 12.5. The summed E-state index contributed by atoms with van der Waals surface area (Å²) >= 11 is 0. The molecule has 4 aromatic rings. The van der Waals surface area contributed by atoms with E-state index in [1.54, 1.807) is 0 Å². The van der Waals surface area contributed by atoms with E-state index in [2.05, 4.69) is 138 Å². The van der Waals surface area contributed by atoms with Crippen molar-refractivity contribution in [2.24, 2.45) is 0 Å². The molecule has 0 saturated carbocycles. The third-order valence-electron chi connectivity index (χ3n) is 9.62. The molecule has 3 heterocycles. The van der Waals surface area contributed by atoms with Crippen molar-refractivity contribution in [3.8, 4) is 0 Å². The van der Waals surface area contributed by atoms with Crippen LogP contribution in [-0.2, 0) is 0 Å². The molecular formula is C38H35N2Si+. The van der Waals surface area contributed by atoms with Crippen molar-refractivity contribution in [2.75, 3.05) is 31.1 Å². The van der Waals surface area contributed by atoms with E-state index >= 15 is 0 Å². The van der Waals surface area contributed by atoms with Gasteiger partial charge in [0.25, 0.3) is 0 Å². The highest BCUT2D eigenvalue weighted by Crippen LogP contribution is 2.43. The van der Waals surface area contributed by atoms with Gasteiger partial charge in [-0.3, -0.25) is 0 Å². The van der Waals surface area contributed by atoms with Crippen LogP contribution < -0.4 is 20.5 Å². The van der Waals surface area contributed by atoms with Crippen LogP contribution in [0.4, 0.5) is 5.69 Å².